The van der Waals surface area contributed by atoms with Crippen molar-refractivity contribution in [3.8, 4) is 16.5 Å². The minimum atomic E-state index is 0.558. The molecule has 0 radical (unpaired) electrons. The molecule has 0 amide bonds. The number of para-hydroxylation sites is 1. The summed E-state index contributed by atoms with van der Waals surface area (Å²) in [7, 11) is 1.71. The van der Waals surface area contributed by atoms with Crippen LogP contribution in [0.2, 0.25) is 0 Å². The van der Waals surface area contributed by atoms with Crippen molar-refractivity contribution in [2.24, 2.45) is 0 Å². The lowest BCUT2D eigenvalue weighted by Crippen LogP contribution is -1.99. The van der Waals surface area contributed by atoms with Crippen molar-refractivity contribution in [1.82, 2.24) is 14.8 Å². The predicted octanol–water partition coefficient (Wildman–Crippen LogP) is 4.64. The topological polar surface area (TPSA) is 39.9 Å². The van der Waals surface area contributed by atoms with Crippen LogP contribution in [0, 0.1) is 0 Å². The van der Waals surface area contributed by atoms with Crippen molar-refractivity contribution in [2.45, 2.75) is 29.8 Å². The van der Waals surface area contributed by atoms with Crippen molar-refractivity contribution in [1.29, 1.82) is 0 Å². The Balaban J connectivity index is 1.60. The zero-order valence-corrected chi connectivity index (χ0v) is 14.4. The van der Waals surface area contributed by atoms with Crippen molar-refractivity contribution in [3.63, 3.8) is 0 Å². The van der Waals surface area contributed by atoms with Gasteiger partial charge in [0.15, 0.2) is 11.0 Å². The van der Waals surface area contributed by atoms with Gasteiger partial charge in [-0.05, 0) is 30.4 Å². The Morgan fingerprint density at radius 2 is 2.09 bits per heavy atom. The molecule has 1 saturated carbocycles. The van der Waals surface area contributed by atoms with Gasteiger partial charge in [0.1, 0.15) is 5.75 Å². The number of aromatic nitrogens is 3. The third kappa shape index (κ3) is 3.01. The van der Waals surface area contributed by atoms with E-state index >= 15 is 0 Å². The van der Waals surface area contributed by atoms with Crippen LogP contribution in [-0.4, -0.2) is 21.9 Å². The maximum atomic E-state index is 5.43. The van der Waals surface area contributed by atoms with Gasteiger partial charge in [0, 0.05) is 17.4 Å². The van der Waals surface area contributed by atoms with E-state index in [-0.39, 0.29) is 0 Å². The Morgan fingerprint density at radius 1 is 1.22 bits per heavy atom. The van der Waals surface area contributed by atoms with Gasteiger partial charge in [-0.2, -0.15) is 0 Å². The Bertz CT molecular complexity index is 794. The first-order chi connectivity index (χ1) is 11.4. The van der Waals surface area contributed by atoms with E-state index in [4.69, 9.17) is 4.74 Å². The van der Waals surface area contributed by atoms with E-state index in [0.717, 1.165) is 22.5 Å². The Labute approximate surface area is 143 Å². The standard InChI is InChI=1S/C17H17N3OS2/c1-21-14-6-3-2-5-12(14)11-23-17-19-18-16(15-7-4-10-22-15)20(17)13-8-9-13/h2-7,10,13H,8-9,11H2,1H3. The maximum absolute atomic E-state index is 5.43. The van der Waals surface area contributed by atoms with Gasteiger partial charge in [0.25, 0.3) is 0 Å². The quantitative estimate of drug-likeness (QED) is 0.611. The first-order valence-electron chi connectivity index (χ1n) is 7.60. The SMILES string of the molecule is COc1ccccc1CSc1nnc(-c2cccs2)n1C1CC1. The summed E-state index contributed by atoms with van der Waals surface area (Å²) >= 11 is 3.45. The van der Waals surface area contributed by atoms with Crippen LogP contribution in [0.3, 0.4) is 0 Å². The van der Waals surface area contributed by atoms with Gasteiger partial charge in [0.05, 0.1) is 12.0 Å². The van der Waals surface area contributed by atoms with Gasteiger partial charge in [0.2, 0.25) is 0 Å². The van der Waals surface area contributed by atoms with Crippen molar-refractivity contribution < 1.29 is 4.74 Å². The fourth-order valence-corrected chi connectivity index (χ4v) is 4.28. The van der Waals surface area contributed by atoms with Crippen LogP contribution in [0.1, 0.15) is 24.4 Å². The number of ether oxygens (including phenoxy) is 1. The van der Waals surface area contributed by atoms with Crippen LogP contribution in [0.25, 0.3) is 10.7 Å². The largest absolute Gasteiger partial charge is 0.496 e. The zero-order valence-electron chi connectivity index (χ0n) is 12.8. The van der Waals surface area contributed by atoms with Crippen LogP contribution in [0.4, 0.5) is 0 Å². The lowest BCUT2D eigenvalue weighted by Gasteiger charge is -2.09. The summed E-state index contributed by atoms with van der Waals surface area (Å²) in [6.07, 6.45) is 2.44. The van der Waals surface area contributed by atoms with Crippen LogP contribution in [0.5, 0.6) is 5.75 Å². The normalized spacial score (nSPS) is 14.1. The van der Waals surface area contributed by atoms with Crippen LogP contribution in [0.15, 0.2) is 46.9 Å². The first-order valence-corrected chi connectivity index (χ1v) is 9.47. The molecule has 3 aromatic rings. The van der Waals surface area contributed by atoms with Gasteiger partial charge < -0.3 is 4.74 Å². The number of hydrogen-bond acceptors (Lipinski definition) is 5. The molecule has 23 heavy (non-hydrogen) atoms. The second kappa shape index (κ2) is 6.37. The molecule has 118 valence electrons. The smallest absolute Gasteiger partial charge is 0.192 e. The van der Waals surface area contributed by atoms with Crippen molar-refractivity contribution >= 4 is 23.1 Å². The van der Waals surface area contributed by atoms with Gasteiger partial charge in [-0.3, -0.25) is 4.57 Å². The van der Waals surface area contributed by atoms with Crippen molar-refractivity contribution in [2.75, 3.05) is 7.11 Å². The summed E-state index contributed by atoms with van der Waals surface area (Å²) in [5.41, 5.74) is 1.18. The summed E-state index contributed by atoms with van der Waals surface area (Å²) in [5.74, 6) is 2.76. The second-order valence-corrected chi connectivity index (χ2v) is 7.38. The summed E-state index contributed by atoms with van der Waals surface area (Å²) in [5, 5.41) is 12.0. The van der Waals surface area contributed by atoms with Crippen LogP contribution < -0.4 is 4.74 Å². The second-order valence-electron chi connectivity index (χ2n) is 5.49. The minimum Gasteiger partial charge on any atom is -0.496 e. The highest BCUT2D eigenvalue weighted by Crippen LogP contribution is 2.42. The molecule has 4 rings (SSSR count). The van der Waals surface area contributed by atoms with Gasteiger partial charge in [-0.15, -0.1) is 21.5 Å². The number of thiophene rings is 1. The molecule has 1 fully saturated rings. The Kier molecular flexibility index (Phi) is 4.10. The van der Waals surface area contributed by atoms with E-state index in [2.05, 4.69) is 38.3 Å². The number of nitrogens with zero attached hydrogens (tertiary/aromatic N) is 3. The molecule has 1 aromatic carbocycles. The average molecular weight is 343 g/mol. The molecule has 2 heterocycles. The number of benzene rings is 1. The lowest BCUT2D eigenvalue weighted by atomic mass is 10.2. The summed E-state index contributed by atoms with van der Waals surface area (Å²) in [6, 6.07) is 12.9. The Morgan fingerprint density at radius 3 is 2.83 bits per heavy atom. The zero-order chi connectivity index (χ0) is 15.6. The van der Waals surface area contributed by atoms with E-state index in [1.165, 1.54) is 23.3 Å². The van der Waals surface area contributed by atoms with Crippen LogP contribution >= 0.6 is 23.1 Å². The van der Waals surface area contributed by atoms with E-state index in [9.17, 15) is 0 Å². The fraction of sp³-hybridized carbons (Fsp3) is 0.294. The monoisotopic (exact) mass is 343 g/mol. The molecular weight excluding hydrogens is 326 g/mol. The molecule has 0 aliphatic heterocycles. The van der Waals surface area contributed by atoms with Gasteiger partial charge in [-0.1, -0.05) is 36.0 Å². The fourth-order valence-electron chi connectivity index (χ4n) is 2.58. The van der Waals surface area contributed by atoms with E-state index < -0.39 is 0 Å². The molecule has 6 heteroatoms. The number of rotatable bonds is 6. The molecule has 0 atom stereocenters. The van der Waals surface area contributed by atoms with E-state index in [1.54, 1.807) is 30.2 Å². The maximum Gasteiger partial charge on any atom is 0.192 e. The lowest BCUT2D eigenvalue weighted by molar-refractivity contribution is 0.411. The molecule has 0 saturated heterocycles. The highest BCUT2D eigenvalue weighted by atomic mass is 32.2. The van der Waals surface area contributed by atoms with Gasteiger partial charge >= 0.3 is 0 Å². The molecule has 1 aliphatic rings. The van der Waals surface area contributed by atoms with Crippen molar-refractivity contribution in [3.05, 3.63) is 47.3 Å². The highest BCUT2D eigenvalue weighted by molar-refractivity contribution is 7.98. The van der Waals surface area contributed by atoms with Gasteiger partial charge in [-0.25, -0.2) is 0 Å². The molecule has 0 bridgehead atoms. The first kappa shape index (κ1) is 14.8. The average Bonchev–Trinajstić information content (AvgIpc) is 3.12. The van der Waals surface area contributed by atoms with Crippen LogP contribution in [-0.2, 0) is 5.75 Å². The number of methoxy groups -OCH3 is 1. The van der Waals surface area contributed by atoms with E-state index in [0.29, 0.717) is 6.04 Å². The molecule has 4 nitrogen and oxygen atoms in total. The third-order valence-electron chi connectivity index (χ3n) is 3.87. The molecule has 0 spiro atoms. The molecule has 0 unspecified atom stereocenters. The van der Waals surface area contributed by atoms with E-state index in [1.807, 2.05) is 18.2 Å². The molecular formula is C17H17N3OS2. The third-order valence-corrected chi connectivity index (χ3v) is 5.73. The summed E-state index contributed by atoms with van der Waals surface area (Å²) in [4.78, 5) is 1.19. The molecule has 1 aliphatic carbocycles. The molecule has 2 aromatic heterocycles. The Hall–Kier alpha value is -1.79. The number of hydrogen-bond donors (Lipinski definition) is 0. The number of thioether (sulfide) groups is 1. The predicted molar refractivity (Wildman–Crippen MR) is 94.2 cm³/mol. The summed E-state index contributed by atoms with van der Waals surface area (Å²) < 4.78 is 7.74. The summed E-state index contributed by atoms with van der Waals surface area (Å²) in [6.45, 7) is 0. The minimum absolute atomic E-state index is 0.558. The molecule has 0 N–H and O–H groups in total. The highest BCUT2D eigenvalue weighted by Gasteiger charge is 2.30.